The lowest BCUT2D eigenvalue weighted by atomic mass is 9.97. The first-order valence-corrected chi connectivity index (χ1v) is 8.45. The van der Waals surface area contributed by atoms with Crippen LogP contribution >= 0.6 is 11.3 Å². The molecule has 1 aliphatic rings. The molecule has 0 bridgehead atoms. The summed E-state index contributed by atoms with van der Waals surface area (Å²) in [5, 5.41) is 12.4. The Kier molecular flexibility index (Phi) is 2.81. The average Bonchev–Trinajstić information content (AvgIpc) is 3.20. The zero-order chi connectivity index (χ0) is 15.2. The first kappa shape index (κ1) is 13.0. The van der Waals surface area contributed by atoms with Gasteiger partial charge in [0.1, 0.15) is 22.5 Å². The minimum absolute atomic E-state index is 0.711. The van der Waals surface area contributed by atoms with Crippen LogP contribution in [0.4, 0.5) is 11.5 Å². The van der Waals surface area contributed by atoms with Gasteiger partial charge in [0.25, 0.3) is 0 Å². The largest absolute Gasteiger partial charge is 0.338 e. The van der Waals surface area contributed by atoms with Crippen LogP contribution in [0.5, 0.6) is 0 Å². The summed E-state index contributed by atoms with van der Waals surface area (Å²) in [5.41, 5.74) is 3.69. The number of hydrogen-bond acceptors (Lipinski definition) is 7. The summed E-state index contributed by atoms with van der Waals surface area (Å²) in [7, 11) is 0. The Morgan fingerprint density at radius 1 is 1.09 bits per heavy atom. The van der Waals surface area contributed by atoms with Crippen LogP contribution in [-0.2, 0) is 12.8 Å². The molecular weight excluding hydrogens is 310 g/mol. The van der Waals surface area contributed by atoms with Crippen LogP contribution in [0.15, 0.2) is 29.2 Å². The van der Waals surface area contributed by atoms with Crippen molar-refractivity contribution in [2.75, 3.05) is 5.32 Å². The number of aryl methyl sites for hydroxylation is 2. The van der Waals surface area contributed by atoms with Gasteiger partial charge in [-0.25, -0.2) is 14.6 Å². The van der Waals surface area contributed by atoms with Gasteiger partial charge in [0, 0.05) is 4.88 Å². The molecule has 6 nitrogen and oxygen atoms in total. The van der Waals surface area contributed by atoms with Gasteiger partial charge in [0.05, 0.1) is 11.1 Å². The van der Waals surface area contributed by atoms with Gasteiger partial charge in [-0.2, -0.15) is 0 Å². The molecule has 0 atom stereocenters. The molecule has 7 heteroatoms. The third-order valence-corrected chi connectivity index (χ3v) is 5.49. The van der Waals surface area contributed by atoms with Crippen molar-refractivity contribution in [2.45, 2.75) is 25.7 Å². The molecule has 114 valence electrons. The number of rotatable bonds is 2. The molecule has 23 heavy (non-hydrogen) atoms. The zero-order valence-electron chi connectivity index (χ0n) is 12.2. The van der Waals surface area contributed by atoms with Crippen LogP contribution < -0.4 is 5.32 Å². The van der Waals surface area contributed by atoms with Crippen LogP contribution in [0.1, 0.15) is 23.3 Å². The molecule has 1 aromatic carbocycles. The lowest BCUT2D eigenvalue weighted by Gasteiger charge is -2.12. The average molecular weight is 323 g/mol. The number of nitrogens with one attached hydrogen (secondary N) is 1. The molecule has 0 amide bonds. The fourth-order valence-corrected chi connectivity index (χ4v) is 4.45. The van der Waals surface area contributed by atoms with E-state index in [4.69, 9.17) is 4.63 Å². The molecule has 3 heterocycles. The summed E-state index contributed by atoms with van der Waals surface area (Å²) in [4.78, 5) is 11.5. The van der Waals surface area contributed by atoms with Gasteiger partial charge in [-0.05, 0) is 53.7 Å². The monoisotopic (exact) mass is 323 g/mol. The van der Waals surface area contributed by atoms with Crippen molar-refractivity contribution < 1.29 is 4.63 Å². The van der Waals surface area contributed by atoms with E-state index in [-0.39, 0.29) is 0 Å². The van der Waals surface area contributed by atoms with Crippen LogP contribution in [0.2, 0.25) is 0 Å². The molecule has 3 aromatic heterocycles. The molecule has 0 saturated heterocycles. The van der Waals surface area contributed by atoms with Crippen molar-refractivity contribution in [3.8, 4) is 0 Å². The van der Waals surface area contributed by atoms with E-state index in [1.807, 2.05) is 18.2 Å². The standard InChI is InChI=1S/C16H13N5OS/c1-2-7-12-9(4-1)13-15(17-8-18-16(13)23-12)19-10-5-3-6-11-14(10)21-22-20-11/h3,5-6,8H,1-2,4,7H2,(H,17,18,19). The Balaban J connectivity index is 1.68. The van der Waals surface area contributed by atoms with Crippen molar-refractivity contribution in [3.05, 3.63) is 35.0 Å². The van der Waals surface area contributed by atoms with Crippen LogP contribution in [-0.4, -0.2) is 20.3 Å². The van der Waals surface area contributed by atoms with E-state index in [9.17, 15) is 0 Å². The van der Waals surface area contributed by atoms with Gasteiger partial charge in [0.2, 0.25) is 0 Å². The second-order valence-corrected chi connectivity index (χ2v) is 6.76. The van der Waals surface area contributed by atoms with E-state index in [2.05, 4.69) is 25.6 Å². The zero-order valence-corrected chi connectivity index (χ0v) is 13.1. The molecule has 0 radical (unpaired) electrons. The van der Waals surface area contributed by atoms with Gasteiger partial charge in [0.15, 0.2) is 5.52 Å². The molecule has 0 unspecified atom stereocenters. The molecule has 1 N–H and O–H groups in total. The van der Waals surface area contributed by atoms with E-state index in [0.29, 0.717) is 5.52 Å². The van der Waals surface area contributed by atoms with E-state index in [1.165, 1.54) is 23.3 Å². The topological polar surface area (TPSA) is 76.7 Å². The molecule has 1 aliphatic carbocycles. The smallest absolute Gasteiger partial charge is 0.158 e. The van der Waals surface area contributed by atoms with E-state index in [0.717, 1.165) is 40.1 Å². The highest BCUT2D eigenvalue weighted by atomic mass is 32.1. The Morgan fingerprint density at radius 3 is 3.04 bits per heavy atom. The molecular formula is C16H13N5OS. The van der Waals surface area contributed by atoms with Crippen molar-refractivity contribution in [1.82, 2.24) is 20.3 Å². The molecule has 0 saturated carbocycles. The predicted molar refractivity (Wildman–Crippen MR) is 89.1 cm³/mol. The highest BCUT2D eigenvalue weighted by Crippen LogP contribution is 2.39. The summed E-state index contributed by atoms with van der Waals surface area (Å²) < 4.78 is 4.84. The minimum Gasteiger partial charge on any atom is -0.338 e. The normalized spacial score (nSPS) is 14.3. The maximum Gasteiger partial charge on any atom is 0.158 e. The molecule has 0 spiro atoms. The first-order valence-electron chi connectivity index (χ1n) is 7.64. The fourth-order valence-electron chi connectivity index (χ4n) is 3.22. The van der Waals surface area contributed by atoms with E-state index >= 15 is 0 Å². The second kappa shape index (κ2) is 4.99. The summed E-state index contributed by atoms with van der Waals surface area (Å²) in [6.07, 6.45) is 6.37. The van der Waals surface area contributed by atoms with Crippen LogP contribution in [0.25, 0.3) is 21.3 Å². The van der Waals surface area contributed by atoms with Crippen molar-refractivity contribution in [2.24, 2.45) is 0 Å². The Hall–Kier alpha value is -2.54. The Labute approximate surface area is 135 Å². The summed E-state index contributed by atoms with van der Waals surface area (Å²) >= 11 is 1.79. The third kappa shape index (κ3) is 2.00. The lowest BCUT2D eigenvalue weighted by Crippen LogP contribution is -2.01. The van der Waals surface area contributed by atoms with Crippen LogP contribution in [0, 0.1) is 0 Å². The molecule has 0 aliphatic heterocycles. The second-order valence-electron chi connectivity index (χ2n) is 5.68. The number of aromatic nitrogens is 4. The first-order chi connectivity index (χ1) is 11.4. The number of thiophene rings is 1. The van der Waals surface area contributed by atoms with Gasteiger partial charge in [-0.1, -0.05) is 6.07 Å². The van der Waals surface area contributed by atoms with Gasteiger partial charge < -0.3 is 5.32 Å². The van der Waals surface area contributed by atoms with Crippen molar-refractivity contribution in [3.63, 3.8) is 0 Å². The van der Waals surface area contributed by atoms with Crippen molar-refractivity contribution in [1.29, 1.82) is 0 Å². The summed E-state index contributed by atoms with van der Waals surface area (Å²) in [6, 6.07) is 5.76. The number of anilines is 2. The predicted octanol–water partition coefficient (Wildman–Crippen LogP) is 3.85. The lowest BCUT2D eigenvalue weighted by molar-refractivity contribution is 0.315. The minimum atomic E-state index is 0.711. The Bertz CT molecular complexity index is 1020. The number of nitrogens with zero attached hydrogens (tertiary/aromatic N) is 4. The fraction of sp³-hybridized carbons (Fsp3) is 0.250. The maximum atomic E-state index is 4.84. The van der Waals surface area contributed by atoms with Gasteiger partial charge in [-0.15, -0.1) is 11.3 Å². The molecule has 5 rings (SSSR count). The highest BCUT2D eigenvalue weighted by molar-refractivity contribution is 7.19. The van der Waals surface area contributed by atoms with Gasteiger partial charge in [-0.3, -0.25) is 0 Å². The summed E-state index contributed by atoms with van der Waals surface area (Å²) in [6.45, 7) is 0. The number of fused-ring (bicyclic) bond motifs is 4. The quantitative estimate of drug-likeness (QED) is 0.604. The number of hydrogen-bond donors (Lipinski definition) is 1. The molecule has 0 fully saturated rings. The number of benzene rings is 1. The SMILES string of the molecule is c1cc(Nc2ncnc3sc4c(c23)CCCC4)c2nonc2c1. The highest BCUT2D eigenvalue weighted by Gasteiger charge is 2.20. The van der Waals surface area contributed by atoms with E-state index < -0.39 is 0 Å². The summed E-state index contributed by atoms with van der Waals surface area (Å²) in [5.74, 6) is 0.838. The maximum absolute atomic E-state index is 4.84. The van der Waals surface area contributed by atoms with Crippen molar-refractivity contribution >= 4 is 44.1 Å². The third-order valence-electron chi connectivity index (χ3n) is 4.29. The van der Waals surface area contributed by atoms with E-state index in [1.54, 1.807) is 17.7 Å². The van der Waals surface area contributed by atoms with Crippen LogP contribution in [0.3, 0.4) is 0 Å². The Morgan fingerprint density at radius 2 is 2.04 bits per heavy atom. The van der Waals surface area contributed by atoms with Gasteiger partial charge >= 0.3 is 0 Å². The molecule has 4 aromatic rings.